The summed E-state index contributed by atoms with van der Waals surface area (Å²) < 4.78 is 1.03. The van der Waals surface area contributed by atoms with Crippen LogP contribution in [-0.2, 0) is 11.2 Å². The fraction of sp³-hybridized carbons (Fsp3) is 0.0588. The Kier molecular flexibility index (Phi) is 5.05. The second-order valence-electron chi connectivity index (χ2n) is 4.87. The molecule has 0 aliphatic rings. The molecule has 116 valence electrons. The number of halogens is 1. The maximum Gasteiger partial charge on any atom is 0.229 e. The van der Waals surface area contributed by atoms with Crippen molar-refractivity contribution in [1.29, 1.82) is 0 Å². The minimum Gasteiger partial charge on any atom is -0.340 e. The van der Waals surface area contributed by atoms with Gasteiger partial charge in [-0.2, -0.15) is 0 Å². The van der Waals surface area contributed by atoms with Crippen molar-refractivity contribution in [3.05, 3.63) is 69.5 Å². The normalized spacial score (nSPS) is 10.3. The molecule has 2 heterocycles. The average molecular weight is 388 g/mol. The van der Waals surface area contributed by atoms with Gasteiger partial charge in [0, 0.05) is 15.0 Å². The first-order chi connectivity index (χ1) is 11.2. The fourth-order valence-electron chi connectivity index (χ4n) is 2.00. The molecule has 0 fully saturated rings. The van der Waals surface area contributed by atoms with Gasteiger partial charge < -0.3 is 10.6 Å². The molecule has 0 aliphatic heterocycles. The Morgan fingerprint density at radius 3 is 2.52 bits per heavy atom. The molecular weight excluding hydrogens is 374 g/mol. The van der Waals surface area contributed by atoms with E-state index in [0.29, 0.717) is 12.1 Å². The standard InChI is InChI=1S/C17H14BrN3OS/c18-12-3-5-13(6-4-12)20-16-8-7-14(11-19-16)21-17(22)10-15-2-1-9-23-15/h1-9,11H,10H2,(H,19,20)(H,21,22). The van der Waals surface area contributed by atoms with Gasteiger partial charge in [-0.05, 0) is 47.8 Å². The van der Waals surface area contributed by atoms with Crippen LogP contribution in [0.4, 0.5) is 17.2 Å². The lowest BCUT2D eigenvalue weighted by molar-refractivity contribution is -0.115. The minimum atomic E-state index is -0.0390. The van der Waals surface area contributed by atoms with Crippen molar-refractivity contribution in [1.82, 2.24) is 4.98 Å². The van der Waals surface area contributed by atoms with E-state index in [2.05, 4.69) is 31.5 Å². The zero-order valence-corrected chi connectivity index (χ0v) is 14.5. The molecule has 6 heteroatoms. The molecule has 0 unspecified atom stereocenters. The van der Waals surface area contributed by atoms with E-state index in [1.807, 2.05) is 53.9 Å². The van der Waals surface area contributed by atoms with Crippen LogP contribution in [0.25, 0.3) is 0 Å². The van der Waals surface area contributed by atoms with Gasteiger partial charge in [-0.15, -0.1) is 11.3 Å². The molecule has 1 amide bonds. The van der Waals surface area contributed by atoms with Crippen LogP contribution in [0, 0.1) is 0 Å². The average Bonchev–Trinajstić information content (AvgIpc) is 3.04. The van der Waals surface area contributed by atoms with E-state index < -0.39 is 0 Å². The lowest BCUT2D eigenvalue weighted by Crippen LogP contribution is -2.13. The van der Waals surface area contributed by atoms with E-state index in [1.54, 1.807) is 17.5 Å². The maximum atomic E-state index is 11.9. The molecule has 0 radical (unpaired) electrons. The highest BCUT2D eigenvalue weighted by atomic mass is 79.9. The number of aromatic nitrogens is 1. The summed E-state index contributed by atoms with van der Waals surface area (Å²) in [6.07, 6.45) is 2.03. The van der Waals surface area contributed by atoms with Crippen LogP contribution in [-0.4, -0.2) is 10.9 Å². The van der Waals surface area contributed by atoms with Crippen LogP contribution in [0.15, 0.2) is 64.6 Å². The van der Waals surface area contributed by atoms with Gasteiger partial charge in [-0.1, -0.05) is 22.0 Å². The summed E-state index contributed by atoms with van der Waals surface area (Å²) in [5, 5.41) is 8.02. The molecular formula is C17H14BrN3OS. The summed E-state index contributed by atoms with van der Waals surface area (Å²) >= 11 is 4.98. The zero-order valence-electron chi connectivity index (χ0n) is 12.1. The number of rotatable bonds is 5. The second-order valence-corrected chi connectivity index (χ2v) is 6.82. The molecule has 0 saturated carbocycles. The predicted molar refractivity (Wildman–Crippen MR) is 98.3 cm³/mol. The van der Waals surface area contributed by atoms with Crippen LogP contribution < -0.4 is 10.6 Å². The smallest absolute Gasteiger partial charge is 0.229 e. The maximum absolute atomic E-state index is 11.9. The van der Waals surface area contributed by atoms with Gasteiger partial charge in [0.25, 0.3) is 0 Å². The Morgan fingerprint density at radius 1 is 1.09 bits per heavy atom. The lowest BCUT2D eigenvalue weighted by Gasteiger charge is -2.07. The van der Waals surface area contributed by atoms with Crippen molar-refractivity contribution in [2.24, 2.45) is 0 Å². The van der Waals surface area contributed by atoms with E-state index in [4.69, 9.17) is 0 Å². The molecule has 0 spiro atoms. The Morgan fingerprint density at radius 2 is 1.87 bits per heavy atom. The second kappa shape index (κ2) is 7.39. The quantitative estimate of drug-likeness (QED) is 0.658. The number of carbonyl (C=O) groups is 1. The van der Waals surface area contributed by atoms with Crippen LogP contribution in [0.2, 0.25) is 0 Å². The first-order valence-electron chi connectivity index (χ1n) is 7.00. The van der Waals surface area contributed by atoms with Crippen molar-refractivity contribution < 1.29 is 4.79 Å². The number of nitrogens with one attached hydrogen (secondary N) is 2. The third-order valence-electron chi connectivity index (χ3n) is 3.08. The molecule has 4 nitrogen and oxygen atoms in total. The zero-order chi connectivity index (χ0) is 16.1. The monoisotopic (exact) mass is 387 g/mol. The van der Waals surface area contributed by atoms with E-state index in [9.17, 15) is 4.79 Å². The van der Waals surface area contributed by atoms with Crippen molar-refractivity contribution in [2.45, 2.75) is 6.42 Å². The van der Waals surface area contributed by atoms with Gasteiger partial charge in [-0.25, -0.2) is 4.98 Å². The first-order valence-corrected chi connectivity index (χ1v) is 8.67. The van der Waals surface area contributed by atoms with Crippen molar-refractivity contribution >= 4 is 50.4 Å². The molecule has 3 aromatic rings. The lowest BCUT2D eigenvalue weighted by atomic mass is 10.3. The largest absolute Gasteiger partial charge is 0.340 e. The number of nitrogens with zero attached hydrogens (tertiary/aromatic N) is 1. The highest BCUT2D eigenvalue weighted by Crippen LogP contribution is 2.19. The number of amides is 1. The molecule has 2 aromatic heterocycles. The van der Waals surface area contributed by atoms with Gasteiger partial charge >= 0.3 is 0 Å². The van der Waals surface area contributed by atoms with Gasteiger partial charge in [0.05, 0.1) is 18.3 Å². The van der Waals surface area contributed by atoms with Gasteiger partial charge in [-0.3, -0.25) is 4.79 Å². The minimum absolute atomic E-state index is 0.0390. The Hall–Kier alpha value is -2.18. The van der Waals surface area contributed by atoms with Crippen LogP contribution in [0.3, 0.4) is 0 Å². The van der Waals surface area contributed by atoms with Gasteiger partial charge in [0.1, 0.15) is 5.82 Å². The number of anilines is 3. The third kappa shape index (κ3) is 4.64. The Balaban J connectivity index is 1.58. The van der Waals surface area contributed by atoms with Crippen LogP contribution in [0.1, 0.15) is 4.88 Å². The summed E-state index contributed by atoms with van der Waals surface area (Å²) in [6.45, 7) is 0. The predicted octanol–water partition coefficient (Wildman–Crippen LogP) is 4.83. The SMILES string of the molecule is O=C(Cc1cccs1)Nc1ccc(Nc2ccc(Br)cc2)nc1. The summed E-state index contributed by atoms with van der Waals surface area (Å²) in [5.74, 6) is 0.687. The van der Waals surface area contributed by atoms with Crippen LogP contribution >= 0.6 is 27.3 Å². The molecule has 0 atom stereocenters. The highest BCUT2D eigenvalue weighted by molar-refractivity contribution is 9.10. The highest BCUT2D eigenvalue weighted by Gasteiger charge is 2.05. The molecule has 23 heavy (non-hydrogen) atoms. The van der Waals surface area contributed by atoms with Crippen LogP contribution in [0.5, 0.6) is 0 Å². The number of hydrogen-bond donors (Lipinski definition) is 2. The fourth-order valence-corrected chi connectivity index (χ4v) is 2.97. The molecule has 0 bridgehead atoms. The molecule has 3 rings (SSSR count). The third-order valence-corrected chi connectivity index (χ3v) is 4.48. The van der Waals surface area contributed by atoms with E-state index in [1.165, 1.54) is 0 Å². The molecule has 1 aromatic carbocycles. The van der Waals surface area contributed by atoms with E-state index in [-0.39, 0.29) is 5.91 Å². The summed E-state index contributed by atoms with van der Waals surface area (Å²) in [4.78, 5) is 17.3. The molecule has 2 N–H and O–H groups in total. The van der Waals surface area contributed by atoms with Gasteiger partial charge in [0.15, 0.2) is 0 Å². The summed E-state index contributed by atoms with van der Waals surface area (Å²) in [7, 11) is 0. The Labute approximate surface area is 146 Å². The van der Waals surface area contributed by atoms with E-state index >= 15 is 0 Å². The number of thiophene rings is 1. The summed E-state index contributed by atoms with van der Waals surface area (Å²) in [6, 6.07) is 15.4. The van der Waals surface area contributed by atoms with Crippen molar-refractivity contribution in [3.63, 3.8) is 0 Å². The van der Waals surface area contributed by atoms with E-state index in [0.717, 1.165) is 20.9 Å². The number of benzene rings is 1. The number of hydrogen-bond acceptors (Lipinski definition) is 4. The van der Waals surface area contributed by atoms with Gasteiger partial charge in [0.2, 0.25) is 5.91 Å². The van der Waals surface area contributed by atoms with Crippen molar-refractivity contribution in [3.8, 4) is 0 Å². The topological polar surface area (TPSA) is 54.0 Å². The number of pyridine rings is 1. The summed E-state index contributed by atoms with van der Waals surface area (Å²) in [5.41, 5.74) is 1.64. The first kappa shape index (κ1) is 15.7. The molecule has 0 saturated heterocycles. The van der Waals surface area contributed by atoms with Crippen molar-refractivity contribution in [2.75, 3.05) is 10.6 Å². The number of carbonyl (C=O) groups excluding carboxylic acids is 1. The Bertz CT molecular complexity index is 771. The molecule has 0 aliphatic carbocycles.